The molecule has 1 unspecified atom stereocenters. The van der Waals surface area contributed by atoms with E-state index in [9.17, 15) is 0 Å². The summed E-state index contributed by atoms with van der Waals surface area (Å²) in [6.07, 6.45) is 6.17. The van der Waals surface area contributed by atoms with Gasteiger partial charge in [0.2, 0.25) is 0 Å². The van der Waals surface area contributed by atoms with Gasteiger partial charge in [0.05, 0.1) is 0 Å². The number of ether oxygens (including phenoxy) is 1. The van der Waals surface area contributed by atoms with Crippen LogP contribution in [0.1, 0.15) is 46.0 Å². The van der Waals surface area contributed by atoms with Crippen LogP contribution in [-0.4, -0.2) is 19.8 Å². The third-order valence-corrected chi connectivity index (χ3v) is 2.39. The molecule has 0 saturated carbocycles. The van der Waals surface area contributed by atoms with Crippen molar-refractivity contribution in [2.45, 2.75) is 46.0 Å². The Kier molecular flexibility index (Phi) is 16.1. The minimum absolute atomic E-state index is 0. The van der Waals surface area contributed by atoms with Crippen molar-refractivity contribution in [2.24, 2.45) is 11.7 Å². The maximum Gasteiger partial charge on any atom is 0.0494 e. The van der Waals surface area contributed by atoms with E-state index in [1.807, 2.05) is 0 Å². The molecule has 0 aliphatic heterocycles. The smallest absolute Gasteiger partial charge is 0.0494 e. The molecular formula is C11H26BrNO. The fourth-order valence-electron chi connectivity index (χ4n) is 1.33. The van der Waals surface area contributed by atoms with Crippen molar-refractivity contribution in [1.82, 2.24) is 0 Å². The standard InChI is InChI=1S/C11H25NO.BrH/c1-3-5-7-11(4-2)10-13-9-6-8-12;/h11H,3-10,12H2,1-2H3;1H. The summed E-state index contributed by atoms with van der Waals surface area (Å²) in [5.74, 6) is 0.762. The second-order valence-electron chi connectivity index (χ2n) is 3.63. The van der Waals surface area contributed by atoms with Crippen molar-refractivity contribution in [3.8, 4) is 0 Å². The molecule has 0 bridgehead atoms. The molecule has 14 heavy (non-hydrogen) atoms. The van der Waals surface area contributed by atoms with E-state index in [4.69, 9.17) is 10.5 Å². The Morgan fingerprint density at radius 3 is 2.43 bits per heavy atom. The van der Waals surface area contributed by atoms with Crippen molar-refractivity contribution in [3.63, 3.8) is 0 Å². The topological polar surface area (TPSA) is 35.2 Å². The van der Waals surface area contributed by atoms with E-state index in [1.54, 1.807) is 0 Å². The summed E-state index contributed by atoms with van der Waals surface area (Å²) in [5.41, 5.74) is 5.38. The van der Waals surface area contributed by atoms with Crippen LogP contribution in [0.15, 0.2) is 0 Å². The Bertz CT molecular complexity index is 101. The van der Waals surface area contributed by atoms with E-state index in [0.29, 0.717) is 0 Å². The van der Waals surface area contributed by atoms with Crippen LogP contribution in [0.25, 0.3) is 0 Å². The van der Waals surface area contributed by atoms with E-state index in [1.165, 1.54) is 25.7 Å². The van der Waals surface area contributed by atoms with Gasteiger partial charge in [-0.05, 0) is 25.3 Å². The highest BCUT2D eigenvalue weighted by Crippen LogP contribution is 2.12. The van der Waals surface area contributed by atoms with Gasteiger partial charge in [-0.3, -0.25) is 0 Å². The summed E-state index contributed by atoms with van der Waals surface area (Å²) in [4.78, 5) is 0. The third-order valence-electron chi connectivity index (χ3n) is 2.39. The number of hydrogen-bond acceptors (Lipinski definition) is 2. The lowest BCUT2D eigenvalue weighted by atomic mass is 10.0. The van der Waals surface area contributed by atoms with Crippen LogP contribution in [0.5, 0.6) is 0 Å². The maximum absolute atomic E-state index is 5.54. The molecule has 0 amide bonds. The quantitative estimate of drug-likeness (QED) is 0.652. The van der Waals surface area contributed by atoms with Gasteiger partial charge in [-0.2, -0.15) is 0 Å². The summed E-state index contributed by atoms with van der Waals surface area (Å²) < 4.78 is 5.54. The molecule has 88 valence electrons. The molecule has 0 aromatic rings. The fourth-order valence-corrected chi connectivity index (χ4v) is 1.33. The Balaban J connectivity index is 0. The number of halogens is 1. The van der Waals surface area contributed by atoms with Crippen LogP contribution in [0.4, 0.5) is 0 Å². The highest BCUT2D eigenvalue weighted by molar-refractivity contribution is 8.93. The summed E-state index contributed by atoms with van der Waals surface area (Å²) in [7, 11) is 0. The molecule has 0 radical (unpaired) electrons. The first-order chi connectivity index (χ1) is 6.35. The van der Waals surface area contributed by atoms with Crippen LogP contribution in [0.2, 0.25) is 0 Å². The maximum atomic E-state index is 5.54. The molecule has 0 rings (SSSR count). The van der Waals surface area contributed by atoms with Gasteiger partial charge < -0.3 is 10.5 Å². The second kappa shape index (κ2) is 13.4. The molecule has 0 saturated heterocycles. The van der Waals surface area contributed by atoms with Gasteiger partial charge in [-0.15, -0.1) is 17.0 Å². The van der Waals surface area contributed by atoms with Gasteiger partial charge in [-0.25, -0.2) is 0 Å². The highest BCUT2D eigenvalue weighted by atomic mass is 79.9. The van der Waals surface area contributed by atoms with Crippen LogP contribution in [0, 0.1) is 5.92 Å². The zero-order valence-electron chi connectivity index (χ0n) is 9.63. The van der Waals surface area contributed by atoms with Crippen LogP contribution >= 0.6 is 17.0 Å². The van der Waals surface area contributed by atoms with Gasteiger partial charge in [0.15, 0.2) is 0 Å². The van der Waals surface area contributed by atoms with Crippen LogP contribution in [-0.2, 0) is 4.74 Å². The van der Waals surface area contributed by atoms with Gasteiger partial charge in [0.25, 0.3) is 0 Å². The van der Waals surface area contributed by atoms with Crippen molar-refractivity contribution < 1.29 is 4.74 Å². The van der Waals surface area contributed by atoms with E-state index >= 15 is 0 Å². The predicted molar refractivity (Wildman–Crippen MR) is 68.1 cm³/mol. The fraction of sp³-hybridized carbons (Fsp3) is 1.00. The molecule has 0 aromatic carbocycles. The van der Waals surface area contributed by atoms with Gasteiger partial charge >= 0.3 is 0 Å². The van der Waals surface area contributed by atoms with Crippen molar-refractivity contribution in [2.75, 3.05) is 19.8 Å². The zero-order chi connectivity index (χ0) is 9.94. The number of hydrogen-bond donors (Lipinski definition) is 1. The normalized spacial score (nSPS) is 12.2. The number of rotatable bonds is 9. The monoisotopic (exact) mass is 267 g/mol. The zero-order valence-corrected chi connectivity index (χ0v) is 11.3. The van der Waals surface area contributed by atoms with E-state index in [0.717, 1.165) is 32.1 Å². The molecular weight excluding hydrogens is 242 g/mol. The predicted octanol–water partition coefficient (Wildman–Crippen LogP) is 3.15. The molecule has 2 nitrogen and oxygen atoms in total. The van der Waals surface area contributed by atoms with Crippen molar-refractivity contribution in [1.29, 1.82) is 0 Å². The first-order valence-corrected chi connectivity index (χ1v) is 5.62. The Morgan fingerprint density at radius 2 is 1.93 bits per heavy atom. The molecule has 0 aliphatic carbocycles. The third kappa shape index (κ3) is 10.5. The number of unbranched alkanes of at least 4 members (excludes halogenated alkanes) is 1. The summed E-state index contributed by atoms with van der Waals surface area (Å²) >= 11 is 0. The van der Waals surface area contributed by atoms with Crippen LogP contribution in [0.3, 0.4) is 0 Å². The molecule has 0 fully saturated rings. The Morgan fingerprint density at radius 1 is 1.21 bits per heavy atom. The van der Waals surface area contributed by atoms with E-state index in [-0.39, 0.29) is 17.0 Å². The molecule has 0 heterocycles. The van der Waals surface area contributed by atoms with E-state index < -0.39 is 0 Å². The van der Waals surface area contributed by atoms with Gasteiger partial charge in [0, 0.05) is 13.2 Å². The average molecular weight is 268 g/mol. The molecule has 0 aromatic heterocycles. The molecule has 3 heteroatoms. The Labute approximate surface area is 99.4 Å². The number of nitrogens with two attached hydrogens (primary N) is 1. The average Bonchev–Trinajstić information content (AvgIpc) is 2.17. The minimum Gasteiger partial charge on any atom is -0.381 e. The highest BCUT2D eigenvalue weighted by Gasteiger charge is 2.04. The lowest BCUT2D eigenvalue weighted by molar-refractivity contribution is 0.0933. The largest absolute Gasteiger partial charge is 0.381 e. The molecule has 0 spiro atoms. The molecule has 0 aliphatic rings. The SMILES string of the molecule is Br.CCCCC(CC)COCCCN. The lowest BCUT2D eigenvalue weighted by Crippen LogP contribution is -2.11. The van der Waals surface area contributed by atoms with E-state index in [2.05, 4.69) is 13.8 Å². The molecule has 2 N–H and O–H groups in total. The second-order valence-corrected chi connectivity index (χ2v) is 3.63. The van der Waals surface area contributed by atoms with Gasteiger partial charge in [-0.1, -0.05) is 33.1 Å². The summed E-state index contributed by atoms with van der Waals surface area (Å²) in [6.45, 7) is 6.98. The molecule has 1 atom stereocenters. The van der Waals surface area contributed by atoms with Gasteiger partial charge in [0.1, 0.15) is 0 Å². The minimum atomic E-state index is 0. The van der Waals surface area contributed by atoms with Crippen molar-refractivity contribution >= 4 is 17.0 Å². The van der Waals surface area contributed by atoms with Crippen molar-refractivity contribution in [3.05, 3.63) is 0 Å². The first-order valence-electron chi connectivity index (χ1n) is 5.62. The van der Waals surface area contributed by atoms with Crippen LogP contribution < -0.4 is 5.73 Å². The summed E-state index contributed by atoms with van der Waals surface area (Å²) in [5, 5.41) is 0. The Hall–Kier alpha value is 0.400. The lowest BCUT2D eigenvalue weighted by Gasteiger charge is -2.14. The summed E-state index contributed by atoms with van der Waals surface area (Å²) in [6, 6.07) is 0. The first kappa shape index (κ1) is 16.8.